The van der Waals surface area contributed by atoms with Crippen molar-refractivity contribution in [2.45, 2.75) is 13.0 Å². The molecule has 0 spiro atoms. The van der Waals surface area contributed by atoms with Gasteiger partial charge in [0.05, 0.1) is 0 Å². The number of nitrogens with one attached hydrogen (secondary N) is 1. The zero-order valence-corrected chi connectivity index (χ0v) is 12.8. The van der Waals surface area contributed by atoms with Gasteiger partial charge in [-0.3, -0.25) is 0 Å². The summed E-state index contributed by atoms with van der Waals surface area (Å²) >= 11 is 3.45. The van der Waals surface area contributed by atoms with Crippen molar-refractivity contribution in [2.24, 2.45) is 0 Å². The topological polar surface area (TPSA) is 12.0 Å². The zero-order valence-electron chi connectivity index (χ0n) is 10.4. The zero-order chi connectivity index (χ0) is 12.8. The second-order valence-corrected chi connectivity index (χ2v) is 5.10. The van der Waals surface area contributed by atoms with Crippen molar-refractivity contribution in [3.05, 3.63) is 69.9 Å². The molecule has 102 valence electrons. The SMILES string of the molecule is Cl.Fc1ccc(CCNCc2cccc(Br)c2)cc1. The molecule has 0 aliphatic carbocycles. The fourth-order valence-electron chi connectivity index (χ4n) is 1.76. The molecule has 0 radical (unpaired) electrons. The van der Waals surface area contributed by atoms with E-state index < -0.39 is 0 Å². The second-order valence-electron chi connectivity index (χ2n) is 4.18. The summed E-state index contributed by atoms with van der Waals surface area (Å²) in [7, 11) is 0. The number of benzene rings is 2. The van der Waals surface area contributed by atoms with E-state index in [1.54, 1.807) is 0 Å². The lowest BCUT2D eigenvalue weighted by Crippen LogP contribution is -2.16. The van der Waals surface area contributed by atoms with E-state index in [2.05, 4.69) is 33.4 Å². The number of hydrogen-bond donors (Lipinski definition) is 1. The van der Waals surface area contributed by atoms with Gasteiger partial charge >= 0.3 is 0 Å². The predicted octanol–water partition coefficient (Wildman–Crippen LogP) is 4.34. The van der Waals surface area contributed by atoms with Gasteiger partial charge in [-0.2, -0.15) is 0 Å². The van der Waals surface area contributed by atoms with Crippen LogP contribution in [0.5, 0.6) is 0 Å². The molecule has 0 bridgehead atoms. The summed E-state index contributed by atoms with van der Waals surface area (Å²) in [6, 6.07) is 14.9. The minimum absolute atomic E-state index is 0. The van der Waals surface area contributed by atoms with Crippen LogP contribution in [0.2, 0.25) is 0 Å². The molecule has 0 aliphatic heterocycles. The van der Waals surface area contributed by atoms with Crippen LogP contribution in [0.3, 0.4) is 0 Å². The molecule has 0 aromatic heterocycles. The standard InChI is InChI=1S/C15H15BrFN.ClH/c16-14-3-1-2-13(10-14)11-18-9-8-12-4-6-15(17)7-5-12;/h1-7,10,18H,8-9,11H2;1H. The van der Waals surface area contributed by atoms with E-state index in [1.165, 1.54) is 17.7 Å². The van der Waals surface area contributed by atoms with Gasteiger partial charge < -0.3 is 5.32 Å². The van der Waals surface area contributed by atoms with Gasteiger partial charge in [-0.15, -0.1) is 12.4 Å². The van der Waals surface area contributed by atoms with E-state index in [1.807, 2.05) is 24.3 Å². The first kappa shape index (κ1) is 16.2. The molecule has 0 fully saturated rings. The second kappa shape index (κ2) is 8.31. The van der Waals surface area contributed by atoms with Crippen molar-refractivity contribution in [3.63, 3.8) is 0 Å². The van der Waals surface area contributed by atoms with E-state index in [-0.39, 0.29) is 18.2 Å². The van der Waals surface area contributed by atoms with E-state index in [0.29, 0.717) is 0 Å². The van der Waals surface area contributed by atoms with Gasteiger partial charge in [-0.1, -0.05) is 40.2 Å². The lowest BCUT2D eigenvalue weighted by molar-refractivity contribution is 0.626. The maximum absolute atomic E-state index is 12.7. The highest BCUT2D eigenvalue weighted by Gasteiger charge is 1.96. The van der Waals surface area contributed by atoms with Gasteiger partial charge in [0.25, 0.3) is 0 Å². The van der Waals surface area contributed by atoms with Gasteiger partial charge in [-0.05, 0) is 48.4 Å². The lowest BCUT2D eigenvalue weighted by Gasteiger charge is -2.05. The van der Waals surface area contributed by atoms with Crippen LogP contribution in [0, 0.1) is 5.82 Å². The largest absolute Gasteiger partial charge is 0.312 e. The molecule has 0 atom stereocenters. The van der Waals surface area contributed by atoms with E-state index >= 15 is 0 Å². The van der Waals surface area contributed by atoms with Crippen molar-refractivity contribution < 1.29 is 4.39 Å². The summed E-state index contributed by atoms with van der Waals surface area (Å²) in [6.07, 6.45) is 0.911. The van der Waals surface area contributed by atoms with Gasteiger partial charge in [0.15, 0.2) is 0 Å². The number of rotatable bonds is 5. The average molecular weight is 345 g/mol. The molecule has 0 amide bonds. The van der Waals surface area contributed by atoms with Crippen molar-refractivity contribution in [2.75, 3.05) is 6.54 Å². The Morgan fingerprint density at radius 2 is 1.74 bits per heavy atom. The van der Waals surface area contributed by atoms with Gasteiger partial charge in [0.2, 0.25) is 0 Å². The summed E-state index contributed by atoms with van der Waals surface area (Å²) in [5.41, 5.74) is 2.40. The molecule has 4 heteroatoms. The van der Waals surface area contributed by atoms with Crippen LogP contribution in [-0.2, 0) is 13.0 Å². The quantitative estimate of drug-likeness (QED) is 0.796. The maximum Gasteiger partial charge on any atom is 0.123 e. The highest BCUT2D eigenvalue weighted by atomic mass is 79.9. The third kappa shape index (κ3) is 5.72. The Morgan fingerprint density at radius 1 is 1.00 bits per heavy atom. The summed E-state index contributed by atoms with van der Waals surface area (Å²) in [6.45, 7) is 1.73. The molecule has 19 heavy (non-hydrogen) atoms. The molecule has 2 aromatic carbocycles. The Kier molecular flexibility index (Phi) is 7.06. The fraction of sp³-hybridized carbons (Fsp3) is 0.200. The van der Waals surface area contributed by atoms with Crippen LogP contribution in [0.15, 0.2) is 53.0 Å². The molecule has 1 nitrogen and oxygen atoms in total. The first-order valence-corrected chi connectivity index (χ1v) is 6.73. The highest BCUT2D eigenvalue weighted by Crippen LogP contribution is 2.11. The third-order valence-corrected chi connectivity index (χ3v) is 3.22. The highest BCUT2D eigenvalue weighted by molar-refractivity contribution is 9.10. The molecule has 0 unspecified atom stereocenters. The normalized spacial score (nSPS) is 10.0. The Morgan fingerprint density at radius 3 is 2.42 bits per heavy atom. The minimum Gasteiger partial charge on any atom is -0.312 e. The molecular weight excluding hydrogens is 329 g/mol. The molecule has 0 saturated heterocycles. The van der Waals surface area contributed by atoms with Crippen molar-refractivity contribution >= 4 is 28.3 Å². The number of halogens is 3. The maximum atomic E-state index is 12.7. The fourth-order valence-corrected chi connectivity index (χ4v) is 2.21. The van der Waals surface area contributed by atoms with Crippen LogP contribution >= 0.6 is 28.3 Å². The minimum atomic E-state index is -0.180. The van der Waals surface area contributed by atoms with Crippen molar-refractivity contribution in [1.82, 2.24) is 5.32 Å². The number of hydrogen-bond acceptors (Lipinski definition) is 1. The summed E-state index contributed by atoms with van der Waals surface area (Å²) < 4.78 is 13.8. The molecule has 0 aliphatic rings. The predicted molar refractivity (Wildman–Crippen MR) is 83.2 cm³/mol. The molecule has 2 aromatic rings. The molecule has 2 rings (SSSR count). The third-order valence-electron chi connectivity index (χ3n) is 2.72. The van der Waals surface area contributed by atoms with Gasteiger partial charge in [0, 0.05) is 11.0 Å². The van der Waals surface area contributed by atoms with Crippen LogP contribution in [-0.4, -0.2) is 6.54 Å². The summed E-state index contributed by atoms with van der Waals surface area (Å²) in [5.74, 6) is -0.180. The monoisotopic (exact) mass is 343 g/mol. The first-order valence-electron chi connectivity index (χ1n) is 5.93. The van der Waals surface area contributed by atoms with E-state index in [4.69, 9.17) is 0 Å². The van der Waals surface area contributed by atoms with Crippen molar-refractivity contribution in [1.29, 1.82) is 0 Å². The lowest BCUT2D eigenvalue weighted by atomic mass is 10.1. The van der Waals surface area contributed by atoms with Gasteiger partial charge in [-0.25, -0.2) is 4.39 Å². The summed E-state index contributed by atoms with van der Waals surface area (Å²) in [4.78, 5) is 0. The van der Waals surface area contributed by atoms with Gasteiger partial charge in [0.1, 0.15) is 5.82 Å². The molecule has 1 N–H and O–H groups in total. The average Bonchev–Trinajstić information content (AvgIpc) is 2.37. The first-order chi connectivity index (χ1) is 8.74. The Labute approximate surface area is 127 Å². The van der Waals surface area contributed by atoms with Crippen molar-refractivity contribution in [3.8, 4) is 0 Å². The molecule has 0 heterocycles. The molecular formula is C15H16BrClFN. The van der Waals surface area contributed by atoms with Crippen LogP contribution < -0.4 is 5.32 Å². The van der Waals surface area contributed by atoms with Crippen LogP contribution in [0.4, 0.5) is 4.39 Å². The molecule has 0 saturated carbocycles. The van der Waals surface area contributed by atoms with E-state index in [9.17, 15) is 4.39 Å². The summed E-state index contributed by atoms with van der Waals surface area (Å²) in [5, 5.41) is 3.38. The van der Waals surface area contributed by atoms with Crippen LogP contribution in [0.25, 0.3) is 0 Å². The Bertz CT molecular complexity index is 502. The van der Waals surface area contributed by atoms with Crippen LogP contribution in [0.1, 0.15) is 11.1 Å². The van der Waals surface area contributed by atoms with E-state index in [0.717, 1.165) is 29.5 Å². The Balaban J connectivity index is 0.00000180. The smallest absolute Gasteiger partial charge is 0.123 e. The Hall–Kier alpha value is -0.900.